The molecular weight excluding hydrogens is 224 g/mol. The molecule has 0 aliphatic heterocycles. The summed E-state index contributed by atoms with van der Waals surface area (Å²) >= 11 is 0. The maximum absolute atomic E-state index is 9.37. The van der Waals surface area contributed by atoms with Crippen LogP contribution in [0.2, 0.25) is 0 Å². The third kappa shape index (κ3) is 1.48. The molecule has 0 fully saturated rings. The van der Waals surface area contributed by atoms with Gasteiger partial charge in [-0.3, -0.25) is 0 Å². The van der Waals surface area contributed by atoms with Crippen molar-refractivity contribution >= 4 is 11.0 Å². The van der Waals surface area contributed by atoms with Crippen molar-refractivity contribution < 1.29 is 9.67 Å². The predicted molar refractivity (Wildman–Crippen MR) is 71.2 cm³/mol. The van der Waals surface area contributed by atoms with Crippen molar-refractivity contribution in [1.82, 2.24) is 4.57 Å². The molecule has 3 aromatic rings. The molecule has 0 amide bonds. The molecule has 3 heteroatoms. The van der Waals surface area contributed by atoms with E-state index in [1.807, 2.05) is 24.3 Å². The minimum Gasteiger partial charge on any atom is -0.508 e. The highest BCUT2D eigenvalue weighted by atomic mass is 16.3. The van der Waals surface area contributed by atoms with Gasteiger partial charge in [-0.1, -0.05) is 12.1 Å². The van der Waals surface area contributed by atoms with Gasteiger partial charge in [0.15, 0.2) is 11.0 Å². The van der Waals surface area contributed by atoms with Gasteiger partial charge in [0.1, 0.15) is 5.75 Å². The zero-order valence-corrected chi connectivity index (χ0v) is 10.5. The van der Waals surface area contributed by atoms with Crippen molar-refractivity contribution in [2.24, 2.45) is 14.1 Å². The van der Waals surface area contributed by atoms with Gasteiger partial charge in [0, 0.05) is 0 Å². The second kappa shape index (κ2) is 3.88. The van der Waals surface area contributed by atoms with E-state index in [-0.39, 0.29) is 0 Å². The van der Waals surface area contributed by atoms with E-state index in [2.05, 4.69) is 35.4 Å². The smallest absolute Gasteiger partial charge is 0.289 e. The molecule has 0 aliphatic rings. The molecule has 1 aromatic heterocycles. The summed E-state index contributed by atoms with van der Waals surface area (Å²) in [6, 6.07) is 15.6. The monoisotopic (exact) mass is 239 g/mol. The Kier molecular flexibility index (Phi) is 2.33. The predicted octanol–water partition coefficient (Wildman–Crippen LogP) is 2.38. The van der Waals surface area contributed by atoms with Crippen molar-refractivity contribution in [2.45, 2.75) is 0 Å². The minimum absolute atomic E-state index is 0.292. The first-order chi connectivity index (χ1) is 8.68. The van der Waals surface area contributed by atoms with Crippen molar-refractivity contribution in [1.29, 1.82) is 0 Å². The van der Waals surface area contributed by atoms with Gasteiger partial charge in [-0.2, -0.15) is 0 Å². The number of imidazole rings is 1. The first-order valence-corrected chi connectivity index (χ1v) is 5.91. The lowest BCUT2D eigenvalue weighted by atomic mass is 10.2. The molecule has 90 valence electrons. The summed E-state index contributed by atoms with van der Waals surface area (Å²) in [4.78, 5) is 0. The first kappa shape index (κ1) is 10.8. The number of phenolic OH excluding ortho intramolecular Hbond substituents is 1. The second-order valence-electron chi connectivity index (χ2n) is 4.48. The number of hydrogen-bond acceptors (Lipinski definition) is 1. The zero-order valence-electron chi connectivity index (χ0n) is 10.5. The Bertz CT molecular complexity index is 672. The van der Waals surface area contributed by atoms with E-state index in [0.29, 0.717) is 5.75 Å². The largest absolute Gasteiger partial charge is 0.508 e. The van der Waals surface area contributed by atoms with Crippen LogP contribution >= 0.6 is 0 Å². The highest BCUT2D eigenvalue weighted by molar-refractivity contribution is 5.75. The summed E-state index contributed by atoms with van der Waals surface area (Å²) in [6.45, 7) is 0. The lowest BCUT2D eigenvalue weighted by Gasteiger charge is -1.99. The van der Waals surface area contributed by atoms with Crippen LogP contribution in [0.25, 0.3) is 22.4 Å². The standard InChI is InChI=1S/C15H14N2O/c1-16-13-5-3-4-6-14(13)17(2)15(16)11-7-9-12(18)10-8-11/h3-10H,1-2H3/p+1. The van der Waals surface area contributed by atoms with Crippen LogP contribution in [0.3, 0.4) is 0 Å². The fraction of sp³-hybridized carbons (Fsp3) is 0.133. The lowest BCUT2D eigenvalue weighted by Crippen LogP contribution is -2.29. The molecule has 0 bridgehead atoms. The summed E-state index contributed by atoms with van der Waals surface area (Å²) in [7, 11) is 4.12. The van der Waals surface area contributed by atoms with Crippen LogP contribution in [0.5, 0.6) is 5.75 Å². The van der Waals surface area contributed by atoms with Crippen LogP contribution in [0.4, 0.5) is 0 Å². The lowest BCUT2D eigenvalue weighted by molar-refractivity contribution is -0.634. The molecule has 3 nitrogen and oxygen atoms in total. The number of aromatic hydroxyl groups is 1. The maximum Gasteiger partial charge on any atom is 0.289 e. The van der Waals surface area contributed by atoms with Crippen LogP contribution < -0.4 is 4.57 Å². The average molecular weight is 239 g/mol. The molecule has 2 aromatic carbocycles. The van der Waals surface area contributed by atoms with Gasteiger partial charge in [-0.15, -0.1) is 0 Å². The molecular formula is C15H15N2O+. The van der Waals surface area contributed by atoms with E-state index >= 15 is 0 Å². The molecule has 0 saturated carbocycles. The van der Waals surface area contributed by atoms with Gasteiger partial charge >= 0.3 is 0 Å². The van der Waals surface area contributed by atoms with Crippen LogP contribution in [-0.2, 0) is 14.1 Å². The van der Waals surface area contributed by atoms with Crippen molar-refractivity contribution in [3.05, 3.63) is 48.5 Å². The summed E-state index contributed by atoms with van der Waals surface area (Å²) in [5, 5.41) is 9.37. The van der Waals surface area contributed by atoms with Crippen LogP contribution in [0.15, 0.2) is 48.5 Å². The molecule has 1 heterocycles. The van der Waals surface area contributed by atoms with Crippen LogP contribution in [0, 0.1) is 0 Å². The van der Waals surface area contributed by atoms with Gasteiger partial charge in [0.2, 0.25) is 0 Å². The highest BCUT2D eigenvalue weighted by Crippen LogP contribution is 2.23. The summed E-state index contributed by atoms with van der Waals surface area (Å²) in [6.07, 6.45) is 0. The number of benzene rings is 2. The Labute approximate surface area is 106 Å². The molecule has 1 N–H and O–H groups in total. The van der Waals surface area contributed by atoms with Crippen LogP contribution in [-0.4, -0.2) is 9.67 Å². The number of aromatic nitrogens is 2. The normalized spacial score (nSPS) is 11.0. The fourth-order valence-electron chi connectivity index (χ4n) is 2.48. The summed E-state index contributed by atoms with van der Waals surface area (Å²) in [5.41, 5.74) is 3.49. The average Bonchev–Trinajstić information content (AvgIpc) is 2.64. The molecule has 3 rings (SSSR count). The second-order valence-corrected chi connectivity index (χ2v) is 4.48. The Balaban J connectivity index is 2.32. The number of aryl methyl sites for hydroxylation is 2. The zero-order chi connectivity index (χ0) is 12.7. The van der Waals surface area contributed by atoms with E-state index in [4.69, 9.17) is 0 Å². The molecule has 0 radical (unpaired) electrons. The van der Waals surface area contributed by atoms with Crippen LogP contribution in [0.1, 0.15) is 0 Å². The third-order valence-electron chi connectivity index (χ3n) is 3.37. The van der Waals surface area contributed by atoms with Crippen molar-refractivity contribution in [3.63, 3.8) is 0 Å². The van der Waals surface area contributed by atoms with E-state index < -0.39 is 0 Å². The van der Waals surface area contributed by atoms with Crippen molar-refractivity contribution in [2.75, 3.05) is 0 Å². The summed E-state index contributed by atoms with van der Waals surface area (Å²) in [5.74, 6) is 1.41. The molecule has 0 spiro atoms. The minimum atomic E-state index is 0.292. The first-order valence-electron chi connectivity index (χ1n) is 5.91. The third-order valence-corrected chi connectivity index (χ3v) is 3.37. The van der Waals surface area contributed by atoms with E-state index in [9.17, 15) is 5.11 Å². The Morgan fingerprint density at radius 3 is 2.33 bits per heavy atom. The Morgan fingerprint density at radius 2 is 1.67 bits per heavy atom. The number of nitrogens with zero attached hydrogens (tertiary/aromatic N) is 2. The van der Waals surface area contributed by atoms with Gasteiger partial charge in [0.05, 0.1) is 19.7 Å². The number of fused-ring (bicyclic) bond motifs is 1. The number of phenols is 1. The molecule has 0 atom stereocenters. The van der Waals surface area contributed by atoms with Crippen molar-refractivity contribution in [3.8, 4) is 17.1 Å². The van der Waals surface area contributed by atoms with Gasteiger partial charge in [-0.25, -0.2) is 9.13 Å². The quantitative estimate of drug-likeness (QED) is 0.649. The molecule has 0 unspecified atom stereocenters. The molecule has 0 aliphatic carbocycles. The van der Waals surface area contributed by atoms with E-state index in [0.717, 1.165) is 11.4 Å². The SMILES string of the molecule is Cn1c(-c2ccc(O)cc2)[n+](C)c2ccccc21. The topological polar surface area (TPSA) is 29.0 Å². The molecule has 18 heavy (non-hydrogen) atoms. The highest BCUT2D eigenvalue weighted by Gasteiger charge is 2.20. The number of rotatable bonds is 1. The Morgan fingerprint density at radius 1 is 1.00 bits per heavy atom. The van der Waals surface area contributed by atoms with Gasteiger partial charge < -0.3 is 5.11 Å². The summed E-state index contributed by atoms with van der Waals surface area (Å²) < 4.78 is 4.34. The van der Waals surface area contributed by atoms with Gasteiger partial charge in [-0.05, 0) is 36.4 Å². The maximum atomic E-state index is 9.37. The van der Waals surface area contributed by atoms with E-state index in [1.165, 1.54) is 11.0 Å². The Hall–Kier alpha value is -2.29. The fourth-order valence-corrected chi connectivity index (χ4v) is 2.48. The molecule has 0 saturated heterocycles. The van der Waals surface area contributed by atoms with E-state index in [1.54, 1.807) is 12.1 Å². The number of hydrogen-bond donors (Lipinski definition) is 1. The number of para-hydroxylation sites is 2. The van der Waals surface area contributed by atoms with Gasteiger partial charge in [0.25, 0.3) is 5.82 Å².